The van der Waals surface area contributed by atoms with Crippen LogP contribution < -0.4 is 4.74 Å². The zero-order valence-corrected chi connectivity index (χ0v) is 19.2. The minimum Gasteiger partial charge on any atom is -0.486 e. The van der Waals surface area contributed by atoms with Crippen LogP contribution >= 0.6 is 0 Å². The molecule has 0 N–H and O–H groups in total. The standard InChI is InChI=1S/C29H29NO3/c1-20-13-14-24-25(31)19-29(33-27(24)21(20)2)15-17-30(18-16-29)28(32)26(22-9-5-3-6-10-22)23-11-7-4-8-12-23/h3-14,26H,15-19H2,1-2H3. The van der Waals surface area contributed by atoms with Gasteiger partial charge in [0.05, 0.1) is 17.9 Å². The number of aryl methyl sites for hydroxylation is 1. The first-order chi connectivity index (χ1) is 16.0. The van der Waals surface area contributed by atoms with Crippen molar-refractivity contribution in [3.05, 3.63) is 101 Å². The second kappa shape index (κ2) is 8.51. The zero-order valence-electron chi connectivity index (χ0n) is 19.2. The van der Waals surface area contributed by atoms with Crippen molar-refractivity contribution in [3.63, 3.8) is 0 Å². The van der Waals surface area contributed by atoms with Gasteiger partial charge in [0.25, 0.3) is 0 Å². The summed E-state index contributed by atoms with van der Waals surface area (Å²) in [6.07, 6.45) is 1.70. The molecular weight excluding hydrogens is 410 g/mol. The van der Waals surface area contributed by atoms with Crippen LogP contribution in [-0.2, 0) is 4.79 Å². The lowest BCUT2D eigenvalue weighted by Crippen LogP contribution is -2.53. The topological polar surface area (TPSA) is 46.6 Å². The van der Waals surface area contributed by atoms with Crippen LogP contribution in [0.15, 0.2) is 72.8 Å². The molecule has 2 aliphatic rings. The SMILES string of the molecule is Cc1ccc2c(c1C)OC1(CCN(C(=O)C(c3ccccc3)c3ccccc3)CC1)CC2=O. The summed E-state index contributed by atoms with van der Waals surface area (Å²) < 4.78 is 6.54. The number of likely N-dealkylation sites (tertiary alicyclic amines) is 1. The molecule has 2 heterocycles. The summed E-state index contributed by atoms with van der Waals surface area (Å²) in [7, 11) is 0. The Morgan fingerprint density at radius 3 is 2.03 bits per heavy atom. The van der Waals surface area contributed by atoms with Gasteiger partial charge in [0.1, 0.15) is 11.4 Å². The van der Waals surface area contributed by atoms with Gasteiger partial charge in [-0.15, -0.1) is 0 Å². The number of ether oxygens (including phenoxy) is 1. The molecule has 1 fully saturated rings. The van der Waals surface area contributed by atoms with Crippen LogP contribution in [0.2, 0.25) is 0 Å². The Morgan fingerprint density at radius 2 is 1.45 bits per heavy atom. The van der Waals surface area contributed by atoms with Crippen molar-refractivity contribution in [1.82, 2.24) is 4.90 Å². The maximum absolute atomic E-state index is 13.8. The summed E-state index contributed by atoms with van der Waals surface area (Å²) >= 11 is 0. The first kappa shape index (κ1) is 21.4. The molecule has 0 bridgehead atoms. The van der Waals surface area contributed by atoms with E-state index < -0.39 is 5.60 Å². The number of piperidine rings is 1. The molecule has 0 radical (unpaired) electrons. The lowest BCUT2D eigenvalue weighted by molar-refractivity contribution is -0.135. The van der Waals surface area contributed by atoms with Gasteiger partial charge in [-0.25, -0.2) is 0 Å². The number of rotatable bonds is 3. The fourth-order valence-electron chi connectivity index (χ4n) is 5.15. The second-order valence-electron chi connectivity index (χ2n) is 9.35. The summed E-state index contributed by atoms with van der Waals surface area (Å²) in [4.78, 5) is 28.7. The number of Topliss-reactive ketones (excluding diaryl/α,β-unsaturated/α-hetero) is 1. The average molecular weight is 440 g/mol. The summed E-state index contributed by atoms with van der Waals surface area (Å²) in [5.74, 6) is 0.654. The van der Waals surface area contributed by atoms with Gasteiger partial charge in [0.15, 0.2) is 5.78 Å². The maximum Gasteiger partial charge on any atom is 0.234 e. The van der Waals surface area contributed by atoms with Gasteiger partial charge in [-0.05, 0) is 42.2 Å². The van der Waals surface area contributed by atoms with E-state index >= 15 is 0 Å². The fraction of sp³-hybridized carbons (Fsp3) is 0.310. The molecule has 4 nitrogen and oxygen atoms in total. The minimum absolute atomic E-state index is 0.108. The molecule has 5 rings (SSSR count). The molecule has 33 heavy (non-hydrogen) atoms. The summed E-state index contributed by atoms with van der Waals surface area (Å²) in [6, 6.07) is 23.8. The third kappa shape index (κ3) is 3.95. The predicted molar refractivity (Wildman–Crippen MR) is 129 cm³/mol. The molecule has 1 saturated heterocycles. The van der Waals surface area contributed by atoms with E-state index in [1.54, 1.807) is 0 Å². The highest BCUT2D eigenvalue weighted by molar-refractivity contribution is 6.01. The predicted octanol–water partition coefficient (Wildman–Crippen LogP) is 5.46. The summed E-state index contributed by atoms with van der Waals surface area (Å²) in [5.41, 5.74) is 4.33. The molecule has 0 aromatic heterocycles. The molecule has 0 aliphatic carbocycles. The van der Waals surface area contributed by atoms with Crippen LogP contribution in [0.3, 0.4) is 0 Å². The molecular formula is C29H29NO3. The fourth-order valence-corrected chi connectivity index (χ4v) is 5.15. The molecule has 0 atom stereocenters. The highest BCUT2D eigenvalue weighted by Gasteiger charge is 2.45. The van der Waals surface area contributed by atoms with Crippen LogP contribution in [0.4, 0.5) is 0 Å². The molecule has 4 heteroatoms. The van der Waals surface area contributed by atoms with E-state index in [0.29, 0.717) is 37.9 Å². The second-order valence-corrected chi connectivity index (χ2v) is 9.35. The Hall–Kier alpha value is -3.40. The molecule has 1 amide bonds. The van der Waals surface area contributed by atoms with Gasteiger partial charge in [0.2, 0.25) is 5.91 Å². The number of hydrogen-bond donors (Lipinski definition) is 0. The smallest absolute Gasteiger partial charge is 0.234 e. The van der Waals surface area contributed by atoms with E-state index in [1.807, 2.05) is 91.5 Å². The number of nitrogens with zero attached hydrogens (tertiary/aromatic N) is 1. The van der Waals surface area contributed by atoms with E-state index in [1.165, 1.54) is 0 Å². The van der Waals surface area contributed by atoms with Crippen molar-refractivity contribution in [2.24, 2.45) is 0 Å². The molecule has 0 unspecified atom stereocenters. The van der Waals surface area contributed by atoms with E-state index in [2.05, 4.69) is 0 Å². The lowest BCUT2D eigenvalue weighted by atomic mass is 9.81. The van der Waals surface area contributed by atoms with Crippen LogP contribution in [-0.4, -0.2) is 35.3 Å². The number of benzene rings is 3. The van der Waals surface area contributed by atoms with Crippen molar-refractivity contribution < 1.29 is 14.3 Å². The normalized spacial score (nSPS) is 17.1. The molecule has 3 aromatic carbocycles. The minimum atomic E-state index is -0.519. The average Bonchev–Trinajstić information content (AvgIpc) is 2.84. The van der Waals surface area contributed by atoms with E-state index in [-0.39, 0.29) is 17.6 Å². The zero-order chi connectivity index (χ0) is 23.0. The quantitative estimate of drug-likeness (QED) is 0.544. The number of amides is 1. The summed E-state index contributed by atoms with van der Waals surface area (Å²) in [5, 5.41) is 0. The van der Waals surface area contributed by atoms with Crippen LogP contribution in [0.1, 0.15) is 57.8 Å². The Morgan fingerprint density at radius 1 is 0.879 bits per heavy atom. The summed E-state index contributed by atoms with van der Waals surface area (Å²) in [6.45, 7) is 5.23. The van der Waals surface area contributed by atoms with Crippen molar-refractivity contribution in [2.45, 2.75) is 44.6 Å². The number of hydrogen-bond acceptors (Lipinski definition) is 3. The van der Waals surface area contributed by atoms with Gasteiger partial charge in [-0.2, -0.15) is 0 Å². The third-order valence-corrected chi connectivity index (χ3v) is 7.28. The van der Waals surface area contributed by atoms with Gasteiger partial charge in [0, 0.05) is 25.9 Å². The Bertz CT molecular complexity index is 1140. The van der Waals surface area contributed by atoms with Crippen molar-refractivity contribution in [1.29, 1.82) is 0 Å². The van der Waals surface area contributed by atoms with E-state index in [9.17, 15) is 9.59 Å². The van der Waals surface area contributed by atoms with Crippen molar-refractivity contribution in [3.8, 4) is 5.75 Å². The van der Waals surface area contributed by atoms with Crippen LogP contribution in [0.25, 0.3) is 0 Å². The molecule has 168 valence electrons. The van der Waals surface area contributed by atoms with E-state index in [0.717, 1.165) is 28.0 Å². The van der Waals surface area contributed by atoms with Gasteiger partial charge in [-0.1, -0.05) is 66.7 Å². The molecule has 1 spiro atoms. The highest BCUT2D eigenvalue weighted by Crippen LogP contribution is 2.42. The highest BCUT2D eigenvalue weighted by atomic mass is 16.5. The molecule has 2 aliphatic heterocycles. The van der Waals surface area contributed by atoms with Gasteiger partial charge < -0.3 is 9.64 Å². The Labute approximate surface area is 195 Å². The third-order valence-electron chi connectivity index (χ3n) is 7.28. The number of carbonyl (C=O) groups excluding carboxylic acids is 2. The molecule has 0 saturated carbocycles. The maximum atomic E-state index is 13.8. The first-order valence-corrected chi connectivity index (χ1v) is 11.7. The van der Waals surface area contributed by atoms with Gasteiger partial charge in [-0.3, -0.25) is 9.59 Å². The molecule has 3 aromatic rings. The van der Waals surface area contributed by atoms with Crippen molar-refractivity contribution in [2.75, 3.05) is 13.1 Å². The lowest BCUT2D eigenvalue weighted by Gasteiger charge is -2.45. The van der Waals surface area contributed by atoms with E-state index in [4.69, 9.17) is 4.74 Å². The number of ketones is 1. The van der Waals surface area contributed by atoms with Gasteiger partial charge >= 0.3 is 0 Å². The Balaban J connectivity index is 1.38. The van der Waals surface area contributed by atoms with Crippen LogP contribution in [0, 0.1) is 13.8 Å². The van der Waals surface area contributed by atoms with Crippen molar-refractivity contribution >= 4 is 11.7 Å². The number of fused-ring (bicyclic) bond motifs is 1. The first-order valence-electron chi connectivity index (χ1n) is 11.7. The monoisotopic (exact) mass is 439 g/mol. The number of carbonyl (C=O) groups is 2. The van der Waals surface area contributed by atoms with Crippen LogP contribution in [0.5, 0.6) is 5.75 Å². The largest absolute Gasteiger partial charge is 0.486 e. The Kier molecular flexibility index (Phi) is 5.53.